The lowest BCUT2D eigenvalue weighted by Crippen LogP contribution is -2.63. The normalized spacial score (nSPS) is 24.6. The summed E-state index contributed by atoms with van der Waals surface area (Å²) in [6, 6.07) is -3.74. The molecule has 1 saturated heterocycles. The van der Waals surface area contributed by atoms with Crippen LogP contribution in [0.5, 0.6) is 0 Å². The Balaban J connectivity index is 1.36. The zero-order valence-corrected chi connectivity index (χ0v) is 31.1. The van der Waals surface area contributed by atoms with E-state index in [2.05, 4.69) is 45.1 Å². The molecule has 13 heteroatoms. The highest BCUT2D eigenvalue weighted by Gasteiger charge is 2.70. The predicted molar refractivity (Wildman–Crippen MR) is 190 cm³/mol. The van der Waals surface area contributed by atoms with Gasteiger partial charge in [-0.1, -0.05) is 80.1 Å². The molecule has 0 spiro atoms. The molecular formula is C38H57N7O6. The summed E-state index contributed by atoms with van der Waals surface area (Å²) in [4.78, 5) is 92.0. The molecule has 5 amide bonds. The largest absolute Gasteiger partial charge is 0.349 e. The number of ketones is 1. The van der Waals surface area contributed by atoms with Crippen LogP contribution in [-0.2, 0) is 24.0 Å². The number of fused-ring (bicyclic) bond motifs is 1. The number of piperidine rings is 1. The van der Waals surface area contributed by atoms with Gasteiger partial charge in [0, 0.05) is 25.5 Å². The third-order valence-electron chi connectivity index (χ3n) is 11.8. The summed E-state index contributed by atoms with van der Waals surface area (Å²) in [5.41, 5.74) is -0.844. The number of nitrogens with zero attached hydrogens (tertiary/aromatic N) is 3. The first kappa shape index (κ1) is 38.3. The zero-order chi connectivity index (χ0) is 37.1. The van der Waals surface area contributed by atoms with Crippen molar-refractivity contribution < 1.29 is 28.8 Å². The van der Waals surface area contributed by atoms with Crippen molar-refractivity contribution in [3.63, 3.8) is 0 Å². The molecule has 0 bridgehead atoms. The van der Waals surface area contributed by atoms with Gasteiger partial charge in [-0.05, 0) is 60.2 Å². The lowest BCUT2D eigenvalue weighted by molar-refractivity contribution is -0.147. The van der Waals surface area contributed by atoms with Crippen molar-refractivity contribution in [3.8, 4) is 0 Å². The van der Waals surface area contributed by atoms with Gasteiger partial charge < -0.3 is 26.2 Å². The van der Waals surface area contributed by atoms with E-state index in [1.165, 1.54) is 18.6 Å². The molecule has 51 heavy (non-hydrogen) atoms. The molecule has 6 atom stereocenters. The molecule has 3 aliphatic carbocycles. The molecule has 1 aromatic rings. The van der Waals surface area contributed by atoms with Crippen LogP contribution in [0.25, 0.3) is 0 Å². The number of aromatic nitrogens is 2. The fourth-order valence-electron chi connectivity index (χ4n) is 8.39. The van der Waals surface area contributed by atoms with E-state index < -0.39 is 59.0 Å². The van der Waals surface area contributed by atoms with E-state index in [1.54, 1.807) is 4.90 Å². The van der Waals surface area contributed by atoms with Crippen LogP contribution >= 0.6 is 0 Å². The molecular weight excluding hydrogens is 650 g/mol. The van der Waals surface area contributed by atoms with Crippen LogP contribution in [0, 0.1) is 34.5 Å². The van der Waals surface area contributed by atoms with Crippen LogP contribution < -0.4 is 21.3 Å². The topological polar surface area (TPSA) is 180 Å². The third kappa shape index (κ3) is 8.60. The molecule has 5 rings (SSSR count). The maximum absolute atomic E-state index is 14.6. The van der Waals surface area contributed by atoms with Gasteiger partial charge in [0.05, 0.1) is 12.2 Å². The van der Waals surface area contributed by atoms with Gasteiger partial charge in [0.2, 0.25) is 23.5 Å². The molecule has 2 heterocycles. The van der Waals surface area contributed by atoms with Gasteiger partial charge in [-0.3, -0.25) is 33.8 Å². The molecule has 0 aromatic carbocycles. The highest BCUT2D eigenvalue weighted by molar-refractivity contribution is 6.38. The summed E-state index contributed by atoms with van der Waals surface area (Å²) in [7, 11) is 0. The number of Topliss-reactive ketones (excluding diaryl/α,β-unsaturated/α-hetero) is 1. The quantitative estimate of drug-likeness (QED) is 0.213. The highest BCUT2D eigenvalue weighted by atomic mass is 16.2. The van der Waals surface area contributed by atoms with Crippen LogP contribution in [0.3, 0.4) is 0 Å². The van der Waals surface area contributed by atoms with Crippen molar-refractivity contribution in [1.82, 2.24) is 36.1 Å². The first-order valence-corrected chi connectivity index (χ1v) is 18.9. The summed E-state index contributed by atoms with van der Waals surface area (Å²) < 4.78 is 0. The summed E-state index contributed by atoms with van der Waals surface area (Å²) in [6.45, 7) is 12.4. The van der Waals surface area contributed by atoms with E-state index in [1.807, 2.05) is 27.7 Å². The number of nitrogens with one attached hydrogen (secondary N) is 4. The van der Waals surface area contributed by atoms with Crippen molar-refractivity contribution in [1.29, 1.82) is 0 Å². The summed E-state index contributed by atoms with van der Waals surface area (Å²) in [5.74, 6) is -3.10. The Kier molecular flexibility index (Phi) is 11.9. The van der Waals surface area contributed by atoms with Crippen LogP contribution in [0.1, 0.15) is 116 Å². The fourth-order valence-corrected chi connectivity index (χ4v) is 8.39. The van der Waals surface area contributed by atoms with E-state index in [0.29, 0.717) is 25.9 Å². The second-order valence-electron chi connectivity index (χ2n) is 16.9. The Hall–Kier alpha value is -3.90. The average molecular weight is 708 g/mol. The molecule has 1 aliphatic heterocycles. The summed E-state index contributed by atoms with van der Waals surface area (Å²) in [6.07, 6.45) is 12.7. The number of likely N-dealkylation sites (tertiary alicyclic amines) is 1. The lowest BCUT2D eigenvalue weighted by Gasteiger charge is -2.39. The van der Waals surface area contributed by atoms with Crippen LogP contribution in [0.4, 0.5) is 0 Å². The van der Waals surface area contributed by atoms with E-state index in [-0.39, 0.29) is 40.7 Å². The third-order valence-corrected chi connectivity index (χ3v) is 11.8. The Morgan fingerprint density at radius 1 is 0.941 bits per heavy atom. The summed E-state index contributed by atoms with van der Waals surface area (Å²) >= 11 is 0. The van der Waals surface area contributed by atoms with Gasteiger partial charge in [0.25, 0.3) is 11.8 Å². The number of hydrogen-bond acceptors (Lipinski definition) is 8. The second kappa shape index (κ2) is 15.8. The zero-order valence-electron chi connectivity index (χ0n) is 31.1. The number of hydrogen-bond donors (Lipinski definition) is 4. The van der Waals surface area contributed by atoms with Crippen LogP contribution in [0.15, 0.2) is 18.6 Å². The van der Waals surface area contributed by atoms with Gasteiger partial charge in [-0.15, -0.1) is 0 Å². The first-order valence-electron chi connectivity index (χ1n) is 18.9. The second-order valence-corrected chi connectivity index (χ2v) is 16.9. The van der Waals surface area contributed by atoms with Crippen molar-refractivity contribution in [2.75, 3.05) is 13.1 Å². The molecule has 4 N–H and O–H groups in total. The van der Waals surface area contributed by atoms with Gasteiger partial charge in [0.15, 0.2) is 0 Å². The van der Waals surface area contributed by atoms with Crippen molar-refractivity contribution in [3.05, 3.63) is 24.3 Å². The smallest absolute Gasteiger partial charge is 0.289 e. The molecule has 1 unspecified atom stereocenters. The predicted octanol–water partition coefficient (Wildman–Crippen LogP) is 2.94. The number of rotatable bonds is 14. The minimum atomic E-state index is -1.01. The molecule has 13 nitrogen and oxygen atoms in total. The SMILES string of the molecule is CCCNC(=O)C(=O)C(CC1CCC1)NC(=O)[C@@H]1[C@@H]2[C@H](CN1C(=O)[C@@H](NC(=O)[C@@H](NC(=O)c1cnccn1)C1CCCCC1)C(C)(C)C)C2(C)C. The molecule has 4 aliphatic rings. The Morgan fingerprint density at radius 3 is 2.24 bits per heavy atom. The van der Waals surface area contributed by atoms with E-state index >= 15 is 0 Å². The van der Waals surface area contributed by atoms with Crippen LogP contribution in [-0.4, -0.2) is 87.4 Å². The Labute approximate surface area is 301 Å². The molecule has 1 aromatic heterocycles. The van der Waals surface area contributed by atoms with Gasteiger partial charge in [-0.2, -0.15) is 0 Å². The minimum absolute atomic E-state index is 0.0726. The van der Waals surface area contributed by atoms with Crippen LogP contribution in [0.2, 0.25) is 0 Å². The first-order chi connectivity index (χ1) is 24.1. The van der Waals surface area contributed by atoms with Gasteiger partial charge in [-0.25, -0.2) is 4.98 Å². The maximum atomic E-state index is 14.6. The molecule has 280 valence electrons. The molecule has 3 saturated carbocycles. The van der Waals surface area contributed by atoms with Crippen molar-refractivity contribution in [2.45, 2.75) is 130 Å². The lowest BCUT2D eigenvalue weighted by atomic mass is 9.80. The standard InChI is InChI=1S/C38H57N7O6/c1-7-16-41-35(50)30(46)25(19-22-12-11-13-22)42-34(49)29-27-24(38(27,5)6)21-45(29)36(51)31(37(2,3)4)44-33(48)28(23-14-9-8-10-15-23)43-32(47)26-20-39-17-18-40-26/h17-18,20,22-25,27-29,31H,7-16,19,21H2,1-6H3,(H,41,50)(H,42,49)(H,43,47)(H,44,48)/t24-,25?,27-,28-,29-,31+/m0/s1. The Morgan fingerprint density at radius 2 is 1.65 bits per heavy atom. The average Bonchev–Trinajstić information content (AvgIpc) is 3.39. The number of carbonyl (C=O) groups is 6. The number of carbonyl (C=O) groups excluding carboxylic acids is 6. The monoisotopic (exact) mass is 707 g/mol. The highest BCUT2D eigenvalue weighted by Crippen LogP contribution is 2.65. The van der Waals surface area contributed by atoms with Gasteiger partial charge >= 0.3 is 0 Å². The minimum Gasteiger partial charge on any atom is -0.349 e. The molecule has 4 fully saturated rings. The fraction of sp³-hybridized carbons (Fsp3) is 0.737. The Bertz CT molecular complexity index is 1470. The van der Waals surface area contributed by atoms with E-state index in [4.69, 9.17) is 0 Å². The molecule has 0 radical (unpaired) electrons. The van der Waals surface area contributed by atoms with E-state index in [0.717, 1.165) is 51.4 Å². The maximum Gasteiger partial charge on any atom is 0.289 e. The summed E-state index contributed by atoms with van der Waals surface area (Å²) in [5, 5.41) is 11.5. The van der Waals surface area contributed by atoms with E-state index in [9.17, 15) is 28.8 Å². The number of amides is 5. The van der Waals surface area contributed by atoms with Crippen molar-refractivity contribution >= 4 is 35.3 Å². The van der Waals surface area contributed by atoms with Gasteiger partial charge in [0.1, 0.15) is 23.8 Å². The van der Waals surface area contributed by atoms with Crippen molar-refractivity contribution in [2.24, 2.45) is 34.5 Å².